The number of anilines is 2. The van der Waals surface area contributed by atoms with E-state index in [-0.39, 0.29) is 18.3 Å². The number of fused-ring (bicyclic) bond motifs is 1. The van der Waals surface area contributed by atoms with Crippen molar-refractivity contribution in [1.29, 1.82) is 0 Å². The zero-order valence-corrected chi connectivity index (χ0v) is 16.9. The van der Waals surface area contributed by atoms with Gasteiger partial charge in [-0.05, 0) is 24.3 Å². The van der Waals surface area contributed by atoms with E-state index < -0.39 is 11.9 Å². The number of amides is 2. The first-order valence-electron chi connectivity index (χ1n) is 9.03. The molecule has 0 spiro atoms. The molecule has 2 amide bonds. The molecule has 0 bridgehead atoms. The summed E-state index contributed by atoms with van der Waals surface area (Å²) < 4.78 is 11.9. The van der Waals surface area contributed by atoms with Crippen molar-refractivity contribution in [3.63, 3.8) is 0 Å². The summed E-state index contributed by atoms with van der Waals surface area (Å²) in [5, 5.41) is 10.5. The smallest absolute Gasteiger partial charge is 0.249 e. The Bertz CT molecular complexity index is 1090. The average molecular weight is 428 g/mol. The van der Waals surface area contributed by atoms with Crippen molar-refractivity contribution < 1.29 is 19.1 Å². The number of methoxy groups -OCH3 is 2. The van der Waals surface area contributed by atoms with E-state index in [2.05, 4.69) is 20.7 Å². The minimum absolute atomic E-state index is 0.0661. The topological polar surface area (TPSA) is 107 Å². The lowest BCUT2D eigenvalue weighted by Crippen LogP contribution is -2.36. The van der Waals surface area contributed by atoms with Crippen molar-refractivity contribution in [2.45, 2.75) is 12.5 Å². The third kappa shape index (κ3) is 3.92. The zero-order valence-electron chi connectivity index (χ0n) is 16.2. The van der Waals surface area contributed by atoms with Gasteiger partial charge in [0, 0.05) is 34.5 Å². The molecule has 2 N–H and O–H groups in total. The van der Waals surface area contributed by atoms with Gasteiger partial charge in [-0.2, -0.15) is 4.98 Å². The molecule has 10 heteroatoms. The lowest BCUT2D eigenvalue weighted by atomic mass is 10.1. The fourth-order valence-corrected chi connectivity index (χ4v) is 3.22. The van der Waals surface area contributed by atoms with Crippen LogP contribution in [0.25, 0.3) is 11.4 Å². The van der Waals surface area contributed by atoms with Crippen molar-refractivity contribution in [2.75, 3.05) is 24.9 Å². The fourth-order valence-electron chi connectivity index (χ4n) is 3.09. The SMILES string of the molecule is COc1cc(NC(=O)[C@H]2CC(=O)Nc3nc(-c4ccc(Cl)cc4)nn32)cc(OC)c1. The van der Waals surface area contributed by atoms with Crippen molar-refractivity contribution in [3.05, 3.63) is 47.5 Å². The molecular weight excluding hydrogens is 410 g/mol. The number of nitrogens with one attached hydrogen (secondary N) is 2. The molecule has 0 saturated carbocycles. The molecule has 0 unspecified atom stereocenters. The molecule has 30 heavy (non-hydrogen) atoms. The summed E-state index contributed by atoms with van der Waals surface area (Å²) in [6.07, 6.45) is -0.0661. The van der Waals surface area contributed by atoms with Crippen LogP contribution in [-0.2, 0) is 9.59 Å². The maximum absolute atomic E-state index is 13.0. The van der Waals surface area contributed by atoms with E-state index in [4.69, 9.17) is 21.1 Å². The molecule has 1 aromatic heterocycles. The highest BCUT2D eigenvalue weighted by Gasteiger charge is 2.33. The van der Waals surface area contributed by atoms with Gasteiger partial charge in [0.2, 0.25) is 17.8 Å². The molecule has 1 atom stereocenters. The Kier molecular flexibility index (Phi) is 5.28. The number of hydrogen-bond acceptors (Lipinski definition) is 6. The van der Waals surface area contributed by atoms with Crippen molar-refractivity contribution >= 4 is 35.1 Å². The van der Waals surface area contributed by atoms with Gasteiger partial charge in [0.1, 0.15) is 17.5 Å². The number of rotatable bonds is 5. The normalized spacial score (nSPS) is 15.2. The first-order chi connectivity index (χ1) is 14.5. The van der Waals surface area contributed by atoms with E-state index in [1.807, 2.05) is 0 Å². The Morgan fingerprint density at radius 3 is 2.47 bits per heavy atom. The molecule has 0 saturated heterocycles. The largest absolute Gasteiger partial charge is 0.497 e. The van der Waals surface area contributed by atoms with Crippen LogP contribution in [0.2, 0.25) is 5.02 Å². The van der Waals surface area contributed by atoms with Crippen LogP contribution in [0.4, 0.5) is 11.6 Å². The van der Waals surface area contributed by atoms with Gasteiger partial charge in [-0.3, -0.25) is 14.9 Å². The van der Waals surface area contributed by atoms with Crippen molar-refractivity contribution in [3.8, 4) is 22.9 Å². The number of hydrogen-bond donors (Lipinski definition) is 2. The summed E-state index contributed by atoms with van der Waals surface area (Å²) in [7, 11) is 3.04. The van der Waals surface area contributed by atoms with Crippen molar-refractivity contribution in [2.24, 2.45) is 0 Å². The minimum atomic E-state index is -0.862. The average Bonchev–Trinajstić information content (AvgIpc) is 3.17. The highest BCUT2D eigenvalue weighted by molar-refractivity contribution is 6.30. The highest BCUT2D eigenvalue weighted by Crippen LogP contribution is 2.30. The first-order valence-corrected chi connectivity index (χ1v) is 9.41. The Balaban J connectivity index is 1.63. The Morgan fingerprint density at radius 1 is 1.17 bits per heavy atom. The summed E-state index contributed by atoms with van der Waals surface area (Å²) in [5.74, 6) is 0.911. The van der Waals surface area contributed by atoms with Gasteiger partial charge in [-0.1, -0.05) is 11.6 Å². The van der Waals surface area contributed by atoms with Crippen LogP contribution >= 0.6 is 11.6 Å². The predicted molar refractivity (Wildman–Crippen MR) is 111 cm³/mol. The van der Waals surface area contributed by atoms with Gasteiger partial charge >= 0.3 is 0 Å². The Labute approximate surface area is 177 Å². The fraction of sp³-hybridized carbons (Fsp3) is 0.200. The molecular formula is C20H18ClN5O4. The third-order valence-corrected chi connectivity index (χ3v) is 4.83. The Hall–Kier alpha value is -3.59. The second kappa shape index (κ2) is 8.03. The lowest BCUT2D eigenvalue weighted by molar-refractivity contribution is -0.125. The molecule has 0 aliphatic carbocycles. The van der Waals surface area contributed by atoms with E-state index in [0.717, 1.165) is 0 Å². The van der Waals surface area contributed by atoms with Gasteiger partial charge in [0.25, 0.3) is 0 Å². The molecule has 4 rings (SSSR count). The van der Waals surface area contributed by atoms with Crippen LogP contribution in [0, 0.1) is 0 Å². The van der Waals surface area contributed by atoms with Crippen LogP contribution in [0.1, 0.15) is 12.5 Å². The van der Waals surface area contributed by atoms with Gasteiger partial charge in [-0.25, -0.2) is 4.68 Å². The maximum Gasteiger partial charge on any atom is 0.249 e. The number of carbonyl (C=O) groups is 2. The highest BCUT2D eigenvalue weighted by atomic mass is 35.5. The van der Waals surface area contributed by atoms with Gasteiger partial charge < -0.3 is 14.8 Å². The summed E-state index contributed by atoms with van der Waals surface area (Å²) in [4.78, 5) is 29.5. The quantitative estimate of drug-likeness (QED) is 0.647. The lowest BCUT2D eigenvalue weighted by Gasteiger charge is -2.22. The van der Waals surface area contributed by atoms with E-state index in [9.17, 15) is 9.59 Å². The molecule has 2 aromatic carbocycles. The van der Waals surface area contributed by atoms with Crippen LogP contribution in [0.15, 0.2) is 42.5 Å². The molecule has 1 aliphatic heterocycles. The van der Waals surface area contributed by atoms with E-state index >= 15 is 0 Å². The summed E-state index contributed by atoms with van der Waals surface area (Å²) in [5.41, 5.74) is 1.19. The number of aromatic nitrogens is 3. The third-order valence-electron chi connectivity index (χ3n) is 4.58. The minimum Gasteiger partial charge on any atom is -0.497 e. The standard InChI is InChI=1S/C20H18ClN5O4/c1-29-14-7-13(8-15(9-14)30-2)22-19(28)16-10-17(27)23-20-24-18(25-26(16)20)11-3-5-12(21)6-4-11/h3-9,16H,10H2,1-2H3,(H,22,28)(H,23,24,25,27)/t16-/m1/s1. The number of carbonyl (C=O) groups excluding carboxylic acids is 2. The maximum atomic E-state index is 13.0. The molecule has 154 valence electrons. The predicted octanol–water partition coefficient (Wildman–Crippen LogP) is 3.14. The zero-order chi connectivity index (χ0) is 21.3. The molecule has 0 fully saturated rings. The molecule has 3 aromatic rings. The molecule has 2 heterocycles. The second-order valence-corrected chi connectivity index (χ2v) is 7.01. The van der Waals surface area contributed by atoms with Gasteiger partial charge in [0.05, 0.1) is 20.6 Å². The van der Waals surface area contributed by atoms with E-state index in [1.165, 1.54) is 18.9 Å². The Morgan fingerprint density at radius 2 is 1.83 bits per heavy atom. The summed E-state index contributed by atoms with van der Waals surface area (Å²) >= 11 is 5.93. The summed E-state index contributed by atoms with van der Waals surface area (Å²) in [6.45, 7) is 0. The van der Waals surface area contributed by atoms with Crippen LogP contribution in [-0.4, -0.2) is 40.8 Å². The van der Waals surface area contributed by atoms with Crippen LogP contribution in [0.3, 0.4) is 0 Å². The first kappa shape index (κ1) is 19.7. The van der Waals surface area contributed by atoms with E-state index in [0.29, 0.717) is 33.6 Å². The van der Waals surface area contributed by atoms with Crippen LogP contribution in [0.5, 0.6) is 11.5 Å². The van der Waals surface area contributed by atoms with Gasteiger partial charge in [0.15, 0.2) is 5.82 Å². The van der Waals surface area contributed by atoms with Crippen LogP contribution < -0.4 is 20.1 Å². The molecule has 9 nitrogen and oxygen atoms in total. The number of halogens is 1. The van der Waals surface area contributed by atoms with Crippen molar-refractivity contribution in [1.82, 2.24) is 14.8 Å². The molecule has 1 aliphatic rings. The number of nitrogens with zero attached hydrogens (tertiary/aromatic N) is 3. The number of ether oxygens (including phenoxy) is 2. The molecule has 0 radical (unpaired) electrons. The second-order valence-electron chi connectivity index (χ2n) is 6.57. The van der Waals surface area contributed by atoms with Gasteiger partial charge in [-0.15, -0.1) is 5.10 Å². The van der Waals surface area contributed by atoms with E-state index in [1.54, 1.807) is 42.5 Å². The monoisotopic (exact) mass is 427 g/mol. The number of benzene rings is 2. The summed E-state index contributed by atoms with van der Waals surface area (Å²) in [6, 6.07) is 11.1.